The molecule has 0 bridgehead atoms. The summed E-state index contributed by atoms with van der Waals surface area (Å²) in [6, 6.07) is -0.465. The van der Waals surface area contributed by atoms with Gasteiger partial charge in [0.2, 0.25) is 5.91 Å². The number of aliphatic carboxylic acids is 1. The molecule has 1 heterocycles. The van der Waals surface area contributed by atoms with Gasteiger partial charge < -0.3 is 21.1 Å². The van der Waals surface area contributed by atoms with Gasteiger partial charge in [0.05, 0.1) is 6.42 Å². The average molecular weight is 257 g/mol. The van der Waals surface area contributed by atoms with Crippen molar-refractivity contribution in [1.29, 1.82) is 0 Å². The molecule has 1 fully saturated rings. The van der Waals surface area contributed by atoms with Crippen molar-refractivity contribution >= 4 is 17.9 Å². The second-order valence-electron chi connectivity index (χ2n) is 5.09. The third-order valence-corrected chi connectivity index (χ3v) is 2.64. The van der Waals surface area contributed by atoms with E-state index in [0.717, 1.165) is 0 Å². The highest BCUT2D eigenvalue weighted by atomic mass is 16.4. The van der Waals surface area contributed by atoms with Crippen LogP contribution in [-0.2, 0) is 9.59 Å². The number of amides is 3. The molecule has 3 amide bonds. The molecule has 1 atom stereocenters. The van der Waals surface area contributed by atoms with Gasteiger partial charge in [-0.25, -0.2) is 4.79 Å². The minimum atomic E-state index is -0.969. The Bertz CT molecular complexity index is 354. The number of urea groups is 1. The molecule has 0 aromatic rings. The molecular weight excluding hydrogens is 238 g/mol. The summed E-state index contributed by atoms with van der Waals surface area (Å²) in [6.07, 6.45) is 1.04. The fraction of sp³-hybridized carbons (Fsp3) is 0.727. The van der Waals surface area contributed by atoms with Crippen LogP contribution >= 0.6 is 0 Å². The molecule has 102 valence electrons. The zero-order chi connectivity index (χ0) is 13.8. The Morgan fingerprint density at radius 3 is 2.67 bits per heavy atom. The summed E-state index contributed by atoms with van der Waals surface area (Å²) in [6.45, 7) is 3.62. The first-order chi connectivity index (χ1) is 8.28. The van der Waals surface area contributed by atoms with Crippen LogP contribution < -0.4 is 16.0 Å². The van der Waals surface area contributed by atoms with Crippen molar-refractivity contribution in [2.24, 2.45) is 0 Å². The average Bonchev–Trinajstić information content (AvgIpc) is 2.58. The summed E-state index contributed by atoms with van der Waals surface area (Å²) in [5, 5.41) is 16.6. The molecule has 1 aliphatic rings. The highest BCUT2D eigenvalue weighted by molar-refractivity contribution is 5.79. The summed E-state index contributed by atoms with van der Waals surface area (Å²) >= 11 is 0. The van der Waals surface area contributed by atoms with Gasteiger partial charge in [0.15, 0.2) is 0 Å². The fourth-order valence-corrected chi connectivity index (χ4v) is 1.82. The van der Waals surface area contributed by atoms with Gasteiger partial charge in [-0.1, -0.05) is 0 Å². The van der Waals surface area contributed by atoms with E-state index >= 15 is 0 Å². The Morgan fingerprint density at radius 1 is 1.50 bits per heavy atom. The number of hydrogen-bond acceptors (Lipinski definition) is 3. The Hall–Kier alpha value is -1.79. The van der Waals surface area contributed by atoms with Crippen LogP contribution in [0, 0.1) is 0 Å². The molecule has 0 saturated carbocycles. The SMILES string of the molecule is CC(C)(CC(=O)O)NC(=O)NCC1CCC(=O)N1. The second kappa shape index (κ2) is 5.70. The van der Waals surface area contributed by atoms with E-state index in [9.17, 15) is 14.4 Å². The lowest BCUT2D eigenvalue weighted by atomic mass is 10.0. The lowest BCUT2D eigenvalue weighted by molar-refractivity contribution is -0.138. The van der Waals surface area contributed by atoms with Gasteiger partial charge in [0.25, 0.3) is 0 Å². The maximum absolute atomic E-state index is 11.6. The number of carboxylic acids is 1. The molecule has 18 heavy (non-hydrogen) atoms. The molecule has 0 radical (unpaired) electrons. The number of carbonyl (C=O) groups excluding carboxylic acids is 2. The molecule has 7 nitrogen and oxygen atoms in total. The van der Waals surface area contributed by atoms with Crippen molar-refractivity contribution < 1.29 is 19.5 Å². The zero-order valence-electron chi connectivity index (χ0n) is 10.6. The molecule has 0 aromatic heterocycles. The maximum atomic E-state index is 11.6. The first-order valence-electron chi connectivity index (χ1n) is 5.86. The first-order valence-corrected chi connectivity index (χ1v) is 5.86. The van der Waals surface area contributed by atoms with Crippen LogP contribution in [0.15, 0.2) is 0 Å². The molecule has 0 aliphatic carbocycles. The summed E-state index contributed by atoms with van der Waals surface area (Å²) in [5.74, 6) is -0.975. The quantitative estimate of drug-likeness (QED) is 0.548. The molecule has 1 aliphatic heterocycles. The van der Waals surface area contributed by atoms with E-state index in [1.54, 1.807) is 13.8 Å². The number of hydrogen-bond donors (Lipinski definition) is 4. The highest BCUT2D eigenvalue weighted by Crippen LogP contribution is 2.08. The third-order valence-electron chi connectivity index (χ3n) is 2.64. The van der Waals surface area contributed by atoms with Gasteiger partial charge in [0.1, 0.15) is 0 Å². The molecule has 4 N–H and O–H groups in total. The van der Waals surface area contributed by atoms with Crippen molar-refractivity contribution in [2.75, 3.05) is 6.54 Å². The number of rotatable bonds is 5. The van der Waals surface area contributed by atoms with Crippen molar-refractivity contribution in [3.8, 4) is 0 Å². The van der Waals surface area contributed by atoms with Crippen LogP contribution in [0.4, 0.5) is 4.79 Å². The predicted molar refractivity (Wildman–Crippen MR) is 64.0 cm³/mol. The number of carbonyl (C=O) groups is 3. The molecule has 1 unspecified atom stereocenters. The fourth-order valence-electron chi connectivity index (χ4n) is 1.82. The largest absolute Gasteiger partial charge is 0.481 e. The number of nitrogens with one attached hydrogen (secondary N) is 3. The number of carboxylic acid groups (broad SMARTS) is 1. The molecule has 0 aromatic carbocycles. The Labute approximate surface area is 105 Å². The third kappa shape index (κ3) is 5.03. The van der Waals surface area contributed by atoms with E-state index in [4.69, 9.17) is 5.11 Å². The lowest BCUT2D eigenvalue weighted by Crippen LogP contribution is -2.51. The summed E-state index contributed by atoms with van der Waals surface area (Å²) < 4.78 is 0. The summed E-state index contributed by atoms with van der Waals surface area (Å²) in [5.41, 5.74) is -0.811. The minimum absolute atomic E-state index is 0.00610. The van der Waals surface area contributed by atoms with E-state index in [1.807, 2.05) is 0 Å². The second-order valence-corrected chi connectivity index (χ2v) is 5.09. The topological polar surface area (TPSA) is 108 Å². The van der Waals surface area contributed by atoms with Gasteiger partial charge in [-0.2, -0.15) is 0 Å². The molecular formula is C11H19N3O4. The van der Waals surface area contributed by atoms with Gasteiger partial charge in [-0.15, -0.1) is 0 Å². The summed E-state index contributed by atoms with van der Waals surface area (Å²) in [4.78, 5) is 33.1. The smallest absolute Gasteiger partial charge is 0.315 e. The Kier molecular flexibility index (Phi) is 4.52. The van der Waals surface area contributed by atoms with Crippen molar-refractivity contribution in [1.82, 2.24) is 16.0 Å². The standard InChI is InChI=1S/C11H19N3O4/c1-11(2,5-9(16)17)14-10(18)12-6-7-3-4-8(15)13-7/h7H,3-6H2,1-2H3,(H,13,15)(H,16,17)(H2,12,14,18). The van der Waals surface area contributed by atoms with Crippen molar-refractivity contribution in [3.63, 3.8) is 0 Å². The van der Waals surface area contributed by atoms with Crippen molar-refractivity contribution in [3.05, 3.63) is 0 Å². The van der Waals surface area contributed by atoms with Crippen LogP contribution in [0.3, 0.4) is 0 Å². The Balaban J connectivity index is 2.28. The lowest BCUT2D eigenvalue weighted by Gasteiger charge is -2.24. The zero-order valence-corrected chi connectivity index (χ0v) is 10.6. The van der Waals surface area contributed by atoms with Gasteiger partial charge >= 0.3 is 12.0 Å². The van der Waals surface area contributed by atoms with Gasteiger partial charge in [-0.05, 0) is 20.3 Å². The molecule has 1 rings (SSSR count). The summed E-state index contributed by atoms with van der Waals surface area (Å²) in [7, 11) is 0. The van der Waals surface area contributed by atoms with Gasteiger partial charge in [0, 0.05) is 24.5 Å². The Morgan fingerprint density at radius 2 is 2.17 bits per heavy atom. The maximum Gasteiger partial charge on any atom is 0.315 e. The molecule has 1 saturated heterocycles. The molecule has 7 heteroatoms. The van der Waals surface area contributed by atoms with Crippen LogP contribution in [-0.4, -0.2) is 41.1 Å². The van der Waals surface area contributed by atoms with Crippen LogP contribution in [0.2, 0.25) is 0 Å². The van der Waals surface area contributed by atoms with E-state index < -0.39 is 17.5 Å². The van der Waals surface area contributed by atoms with Crippen LogP contribution in [0.25, 0.3) is 0 Å². The van der Waals surface area contributed by atoms with Gasteiger partial charge in [-0.3, -0.25) is 9.59 Å². The molecule has 0 spiro atoms. The van der Waals surface area contributed by atoms with Crippen LogP contribution in [0.1, 0.15) is 33.1 Å². The highest BCUT2D eigenvalue weighted by Gasteiger charge is 2.25. The van der Waals surface area contributed by atoms with E-state index in [1.165, 1.54) is 0 Å². The minimum Gasteiger partial charge on any atom is -0.481 e. The van der Waals surface area contributed by atoms with E-state index in [0.29, 0.717) is 19.4 Å². The van der Waals surface area contributed by atoms with E-state index in [-0.39, 0.29) is 18.4 Å². The predicted octanol–water partition coefficient (Wildman–Crippen LogP) is -0.182. The van der Waals surface area contributed by atoms with Crippen molar-refractivity contribution in [2.45, 2.75) is 44.7 Å². The monoisotopic (exact) mass is 257 g/mol. The normalized spacial score (nSPS) is 19.2. The first kappa shape index (κ1) is 14.3. The van der Waals surface area contributed by atoms with Crippen LogP contribution in [0.5, 0.6) is 0 Å². The van der Waals surface area contributed by atoms with E-state index in [2.05, 4.69) is 16.0 Å².